The molecule has 30 heavy (non-hydrogen) atoms. The predicted octanol–water partition coefficient (Wildman–Crippen LogP) is 3.85. The van der Waals surface area contributed by atoms with Crippen molar-refractivity contribution in [3.8, 4) is 0 Å². The first-order valence-electron chi connectivity index (χ1n) is 12.1. The molecular weight excluding hydrogens is 374 g/mol. The molecule has 0 aromatic heterocycles. The average Bonchev–Trinajstić information content (AvgIpc) is 3.49. The fraction of sp³-hybridized carbons (Fsp3) is 0.720. The second-order valence-corrected chi connectivity index (χ2v) is 9.88. The Morgan fingerprint density at radius 1 is 1.10 bits per heavy atom. The lowest BCUT2D eigenvalue weighted by molar-refractivity contribution is -0.130. The van der Waals surface area contributed by atoms with E-state index in [1.54, 1.807) is 0 Å². The zero-order chi connectivity index (χ0) is 20.7. The van der Waals surface area contributed by atoms with Gasteiger partial charge in [-0.05, 0) is 82.2 Å². The van der Waals surface area contributed by atoms with Gasteiger partial charge in [0.25, 0.3) is 0 Å². The minimum Gasteiger partial charge on any atom is -0.381 e. The van der Waals surface area contributed by atoms with Gasteiger partial charge in [0.05, 0.1) is 5.41 Å². The Bertz CT molecular complexity index is 789. The highest BCUT2D eigenvalue weighted by molar-refractivity contribution is 6.00. The number of carbonyl (C=O) groups is 1. The molecular formula is C25H37N3O2. The average molecular weight is 412 g/mol. The maximum atomic E-state index is 13.4. The van der Waals surface area contributed by atoms with Gasteiger partial charge in [0.1, 0.15) is 0 Å². The molecule has 5 nitrogen and oxygen atoms in total. The number of nitrogens with zero attached hydrogens (tertiary/aromatic N) is 3. The first-order chi connectivity index (χ1) is 14.6. The zero-order valence-electron chi connectivity index (χ0n) is 18.7. The largest absolute Gasteiger partial charge is 0.381 e. The molecule has 4 aliphatic rings. The minimum absolute atomic E-state index is 0.170. The van der Waals surface area contributed by atoms with Crippen LogP contribution < -0.4 is 9.80 Å². The monoisotopic (exact) mass is 411 g/mol. The molecule has 0 aliphatic carbocycles. The molecule has 4 saturated heterocycles. The highest BCUT2D eigenvalue weighted by atomic mass is 16.5. The maximum absolute atomic E-state index is 13.4. The summed E-state index contributed by atoms with van der Waals surface area (Å²) in [6.07, 6.45) is 7.67. The van der Waals surface area contributed by atoms with Crippen LogP contribution in [0.1, 0.15) is 57.9 Å². The van der Waals surface area contributed by atoms with Crippen LogP contribution in [0.3, 0.4) is 0 Å². The smallest absolute Gasteiger partial charge is 0.233 e. The molecule has 1 aromatic carbocycles. The molecule has 4 aliphatic heterocycles. The second-order valence-electron chi connectivity index (χ2n) is 9.88. The normalized spacial score (nSPS) is 29.5. The standard InChI is InChI=1S/C25H37N3O2/c1-3-20-17-21(26-13-8-22(18-26)27-12-4-5-19(27)2)6-7-23(20)28-14-9-25(24(28)29)10-15-30-16-11-25/h6-7,17,19,22H,3-5,8-16,18H2,1-2H3/t19-,22?/m0/s1. The SMILES string of the molecule is CCc1cc(N2CCC(N3CCC[C@@H]3C)C2)ccc1N1CCC2(CCOCC2)C1=O. The molecule has 1 spiro atoms. The van der Waals surface area contributed by atoms with Crippen molar-refractivity contribution in [2.75, 3.05) is 49.2 Å². The maximum Gasteiger partial charge on any atom is 0.233 e. The van der Waals surface area contributed by atoms with Gasteiger partial charge in [0.2, 0.25) is 5.91 Å². The van der Waals surface area contributed by atoms with E-state index in [9.17, 15) is 4.79 Å². The molecule has 0 bridgehead atoms. The summed E-state index contributed by atoms with van der Waals surface area (Å²) in [6, 6.07) is 8.26. The van der Waals surface area contributed by atoms with Gasteiger partial charge in [-0.2, -0.15) is 0 Å². The molecule has 2 atom stereocenters. The summed E-state index contributed by atoms with van der Waals surface area (Å²) < 4.78 is 5.54. The molecule has 164 valence electrons. The summed E-state index contributed by atoms with van der Waals surface area (Å²) in [4.78, 5) is 20.7. The van der Waals surface area contributed by atoms with Crippen LogP contribution in [0.15, 0.2) is 18.2 Å². The Morgan fingerprint density at radius 2 is 1.93 bits per heavy atom. The third-order valence-electron chi connectivity index (χ3n) is 8.30. The van der Waals surface area contributed by atoms with Crippen LogP contribution in [0, 0.1) is 5.41 Å². The van der Waals surface area contributed by atoms with Crippen LogP contribution in [0.5, 0.6) is 0 Å². The number of likely N-dealkylation sites (tertiary alicyclic amines) is 1. The summed E-state index contributed by atoms with van der Waals surface area (Å²) in [5.41, 5.74) is 3.61. The highest BCUT2D eigenvalue weighted by Crippen LogP contribution is 2.44. The summed E-state index contributed by atoms with van der Waals surface area (Å²) in [6.45, 7) is 10.5. The van der Waals surface area contributed by atoms with Crippen molar-refractivity contribution in [2.24, 2.45) is 5.41 Å². The minimum atomic E-state index is -0.170. The number of hydrogen-bond acceptors (Lipinski definition) is 4. The van der Waals surface area contributed by atoms with E-state index in [-0.39, 0.29) is 5.41 Å². The summed E-state index contributed by atoms with van der Waals surface area (Å²) >= 11 is 0. The Balaban J connectivity index is 1.32. The third kappa shape index (κ3) is 3.44. The molecule has 0 saturated carbocycles. The van der Waals surface area contributed by atoms with Gasteiger partial charge < -0.3 is 14.5 Å². The van der Waals surface area contributed by atoms with Crippen molar-refractivity contribution < 1.29 is 9.53 Å². The number of ether oxygens (including phenoxy) is 1. The number of aryl methyl sites for hydroxylation is 1. The number of hydrogen-bond donors (Lipinski definition) is 0. The lowest BCUT2D eigenvalue weighted by atomic mass is 9.79. The van der Waals surface area contributed by atoms with Crippen molar-refractivity contribution >= 4 is 17.3 Å². The Labute approximate surface area is 181 Å². The topological polar surface area (TPSA) is 36.0 Å². The van der Waals surface area contributed by atoms with Gasteiger partial charge in [-0.1, -0.05) is 6.92 Å². The molecule has 0 N–H and O–H groups in total. The lowest BCUT2D eigenvalue weighted by Gasteiger charge is -2.32. The van der Waals surface area contributed by atoms with Crippen molar-refractivity contribution in [2.45, 2.75) is 70.9 Å². The quantitative estimate of drug-likeness (QED) is 0.754. The number of benzene rings is 1. The van der Waals surface area contributed by atoms with E-state index in [4.69, 9.17) is 4.74 Å². The third-order valence-corrected chi connectivity index (χ3v) is 8.30. The van der Waals surface area contributed by atoms with Crippen LogP contribution in [-0.4, -0.2) is 62.3 Å². The first kappa shape index (κ1) is 20.3. The van der Waals surface area contributed by atoms with Crippen molar-refractivity contribution in [3.05, 3.63) is 23.8 Å². The number of rotatable bonds is 4. The van der Waals surface area contributed by atoms with E-state index in [2.05, 4.69) is 46.7 Å². The van der Waals surface area contributed by atoms with Crippen LogP contribution in [-0.2, 0) is 16.0 Å². The van der Waals surface area contributed by atoms with Gasteiger partial charge in [-0.25, -0.2) is 0 Å². The van der Waals surface area contributed by atoms with E-state index in [1.807, 2.05) is 0 Å². The first-order valence-corrected chi connectivity index (χ1v) is 12.1. The van der Waals surface area contributed by atoms with Gasteiger partial charge in [0, 0.05) is 56.3 Å². The fourth-order valence-electron chi connectivity index (χ4n) is 6.34. The number of anilines is 2. The summed E-state index contributed by atoms with van der Waals surface area (Å²) in [7, 11) is 0. The van der Waals surface area contributed by atoms with Crippen LogP contribution in [0.25, 0.3) is 0 Å². The van der Waals surface area contributed by atoms with Crippen LogP contribution in [0.4, 0.5) is 11.4 Å². The van der Waals surface area contributed by atoms with Gasteiger partial charge in [-0.15, -0.1) is 0 Å². The number of carbonyl (C=O) groups excluding carboxylic acids is 1. The molecule has 1 unspecified atom stereocenters. The van der Waals surface area contributed by atoms with E-state index in [1.165, 1.54) is 37.1 Å². The van der Waals surface area contributed by atoms with E-state index in [0.717, 1.165) is 70.3 Å². The Kier molecular flexibility index (Phi) is 5.53. The van der Waals surface area contributed by atoms with E-state index in [0.29, 0.717) is 11.9 Å². The highest BCUT2D eigenvalue weighted by Gasteiger charge is 2.48. The molecule has 1 aromatic rings. The Hall–Kier alpha value is -1.59. The van der Waals surface area contributed by atoms with E-state index >= 15 is 0 Å². The Morgan fingerprint density at radius 3 is 2.67 bits per heavy atom. The van der Waals surface area contributed by atoms with Crippen molar-refractivity contribution in [3.63, 3.8) is 0 Å². The molecule has 5 rings (SSSR count). The molecule has 1 amide bonds. The molecule has 5 heteroatoms. The van der Waals surface area contributed by atoms with Crippen molar-refractivity contribution in [1.29, 1.82) is 0 Å². The molecule has 4 heterocycles. The van der Waals surface area contributed by atoms with Gasteiger partial charge >= 0.3 is 0 Å². The zero-order valence-corrected chi connectivity index (χ0v) is 18.7. The summed E-state index contributed by atoms with van der Waals surface area (Å²) in [5, 5.41) is 0. The van der Waals surface area contributed by atoms with E-state index < -0.39 is 0 Å². The molecule has 0 radical (unpaired) electrons. The lowest BCUT2D eigenvalue weighted by Crippen LogP contribution is -2.39. The van der Waals surface area contributed by atoms with Gasteiger partial charge in [-0.3, -0.25) is 9.69 Å². The van der Waals surface area contributed by atoms with Crippen LogP contribution >= 0.6 is 0 Å². The number of amides is 1. The second kappa shape index (κ2) is 8.16. The predicted molar refractivity (Wildman–Crippen MR) is 121 cm³/mol. The van der Waals surface area contributed by atoms with Crippen molar-refractivity contribution in [1.82, 2.24) is 4.90 Å². The molecule has 4 fully saturated rings. The fourth-order valence-corrected chi connectivity index (χ4v) is 6.34. The van der Waals surface area contributed by atoms with Crippen LogP contribution in [0.2, 0.25) is 0 Å². The summed E-state index contributed by atoms with van der Waals surface area (Å²) in [5.74, 6) is 0.331. The van der Waals surface area contributed by atoms with Gasteiger partial charge in [0.15, 0.2) is 0 Å².